The first kappa shape index (κ1) is 22.6. The number of methoxy groups -OCH3 is 1. The number of alkyl halides is 3. The van der Waals surface area contributed by atoms with Crippen LogP contribution in [0.2, 0.25) is 0 Å². The largest absolute Gasteiger partial charge is 0.490 e. The van der Waals surface area contributed by atoms with Gasteiger partial charge < -0.3 is 9.84 Å². The van der Waals surface area contributed by atoms with Gasteiger partial charge in [-0.05, 0) is 13.3 Å². The van der Waals surface area contributed by atoms with Crippen LogP contribution in [0.3, 0.4) is 0 Å². The van der Waals surface area contributed by atoms with Gasteiger partial charge >= 0.3 is 12.1 Å². The quantitative estimate of drug-likeness (QED) is 0.753. The fraction of sp³-hybridized carbons (Fsp3) is 0.750. The average molecular weight is 427 g/mol. The summed E-state index contributed by atoms with van der Waals surface area (Å²) in [5, 5.41) is 11.4. The molecule has 1 unspecified atom stereocenters. The molecule has 160 valence electrons. The molecule has 0 amide bonds. The van der Waals surface area contributed by atoms with Gasteiger partial charge in [-0.25, -0.2) is 13.2 Å². The van der Waals surface area contributed by atoms with Crippen LogP contribution < -0.4 is 0 Å². The van der Waals surface area contributed by atoms with E-state index in [0.29, 0.717) is 25.4 Å². The number of halogens is 3. The van der Waals surface area contributed by atoms with Crippen molar-refractivity contribution in [2.45, 2.75) is 37.4 Å². The molecule has 0 bridgehead atoms. The second kappa shape index (κ2) is 8.37. The number of likely N-dealkylation sites (tertiary alicyclic amines) is 1. The number of carbonyl (C=O) groups is 1. The first-order valence-corrected chi connectivity index (χ1v) is 10.4. The van der Waals surface area contributed by atoms with Gasteiger partial charge in [-0.3, -0.25) is 9.58 Å². The van der Waals surface area contributed by atoms with Crippen molar-refractivity contribution >= 4 is 15.8 Å². The maximum absolute atomic E-state index is 12.4. The summed E-state index contributed by atoms with van der Waals surface area (Å²) in [5.74, 6) is -2.31. The molecule has 2 aliphatic rings. The Morgan fingerprint density at radius 1 is 1.43 bits per heavy atom. The number of carboxylic acids is 1. The third kappa shape index (κ3) is 4.66. The van der Waals surface area contributed by atoms with Gasteiger partial charge in [0.15, 0.2) is 9.84 Å². The minimum absolute atomic E-state index is 0.141. The fourth-order valence-electron chi connectivity index (χ4n) is 3.65. The Kier molecular flexibility index (Phi) is 6.77. The molecule has 3 heterocycles. The molecule has 2 fully saturated rings. The normalized spacial score (nSPS) is 23.1. The number of aryl methyl sites for hydroxylation is 1. The number of carboxylic acid groups (broad SMARTS) is 1. The number of aliphatic carboxylic acids is 1. The van der Waals surface area contributed by atoms with E-state index >= 15 is 0 Å². The van der Waals surface area contributed by atoms with E-state index in [-0.39, 0.29) is 5.92 Å². The molecule has 1 aromatic heterocycles. The van der Waals surface area contributed by atoms with E-state index in [1.807, 2.05) is 17.1 Å². The molecular formula is C16H24F3N3O5S. The molecule has 0 aromatic carbocycles. The SMILES string of the molecule is CCn1cc(CN2CC3(C2)C(COC)CCS3(=O)=O)cn1.O=C(O)C(F)(F)F. The summed E-state index contributed by atoms with van der Waals surface area (Å²) in [7, 11) is -1.34. The first-order chi connectivity index (χ1) is 12.9. The predicted molar refractivity (Wildman–Crippen MR) is 93.4 cm³/mol. The summed E-state index contributed by atoms with van der Waals surface area (Å²) >= 11 is 0. The summed E-state index contributed by atoms with van der Waals surface area (Å²) in [6.45, 7) is 5.48. The van der Waals surface area contributed by atoms with Crippen molar-refractivity contribution in [1.29, 1.82) is 0 Å². The number of hydrogen-bond acceptors (Lipinski definition) is 6. The molecule has 12 heteroatoms. The second-order valence-electron chi connectivity index (χ2n) is 6.98. The smallest absolute Gasteiger partial charge is 0.475 e. The average Bonchev–Trinajstić information content (AvgIpc) is 3.11. The van der Waals surface area contributed by atoms with Gasteiger partial charge in [0.25, 0.3) is 0 Å². The van der Waals surface area contributed by atoms with Crippen molar-refractivity contribution in [2.75, 3.05) is 32.6 Å². The summed E-state index contributed by atoms with van der Waals surface area (Å²) in [6.07, 6.45) is -0.456. The lowest BCUT2D eigenvalue weighted by molar-refractivity contribution is -0.192. The van der Waals surface area contributed by atoms with Crippen LogP contribution in [0.25, 0.3) is 0 Å². The minimum Gasteiger partial charge on any atom is -0.475 e. The number of aromatic nitrogens is 2. The van der Waals surface area contributed by atoms with Gasteiger partial charge in [0.1, 0.15) is 4.75 Å². The molecule has 0 aliphatic carbocycles. The van der Waals surface area contributed by atoms with Crippen molar-refractivity contribution in [3.63, 3.8) is 0 Å². The Bertz CT molecular complexity index is 788. The Hall–Kier alpha value is -1.66. The van der Waals surface area contributed by atoms with E-state index in [0.717, 1.165) is 25.1 Å². The van der Waals surface area contributed by atoms with Crippen molar-refractivity contribution < 1.29 is 36.2 Å². The summed E-state index contributed by atoms with van der Waals surface area (Å²) in [5.41, 5.74) is 1.14. The molecule has 1 N–H and O–H groups in total. The van der Waals surface area contributed by atoms with Crippen molar-refractivity contribution in [3.05, 3.63) is 18.0 Å². The molecule has 1 spiro atoms. The van der Waals surface area contributed by atoms with Gasteiger partial charge in [0.2, 0.25) is 0 Å². The van der Waals surface area contributed by atoms with Crippen LogP contribution in [0.5, 0.6) is 0 Å². The van der Waals surface area contributed by atoms with Crippen LogP contribution >= 0.6 is 0 Å². The Morgan fingerprint density at radius 2 is 2.04 bits per heavy atom. The van der Waals surface area contributed by atoms with Crippen LogP contribution in [0.4, 0.5) is 13.2 Å². The zero-order valence-electron chi connectivity index (χ0n) is 15.6. The summed E-state index contributed by atoms with van der Waals surface area (Å²) in [6, 6.07) is 0. The maximum atomic E-state index is 12.4. The van der Waals surface area contributed by atoms with Crippen LogP contribution in [0.15, 0.2) is 12.4 Å². The van der Waals surface area contributed by atoms with Gasteiger partial charge in [-0.1, -0.05) is 0 Å². The van der Waals surface area contributed by atoms with Crippen LogP contribution in [0.1, 0.15) is 18.9 Å². The highest BCUT2D eigenvalue weighted by Crippen LogP contribution is 2.45. The molecule has 1 aromatic rings. The fourth-order valence-corrected chi connectivity index (χ4v) is 6.10. The Morgan fingerprint density at radius 3 is 2.50 bits per heavy atom. The van der Waals surface area contributed by atoms with Crippen molar-refractivity contribution in [3.8, 4) is 0 Å². The maximum Gasteiger partial charge on any atom is 0.490 e. The molecular weight excluding hydrogens is 403 g/mol. The molecule has 3 rings (SSSR count). The van der Waals surface area contributed by atoms with Crippen LogP contribution in [-0.4, -0.2) is 77.7 Å². The molecule has 2 aliphatic heterocycles. The predicted octanol–water partition coefficient (Wildman–Crippen LogP) is 1.17. The topological polar surface area (TPSA) is 102 Å². The van der Waals surface area contributed by atoms with Gasteiger partial charge in [-0.15, -0.1) is 0 Å². The number of ether oxygens (including phenoxy) is 1. The van der Waals surface area contributed by atoms with Gasteiger partial charge in [0, 0.05) is 51.0 Å². The van der Waals surface area contributed by atoms with E-state index in [1.54, 1.807) is 7.11 Å². The third-order valence-electron chi connectivity index (χ3n) is 5.11. The van der Waals surface area contributed by atoms with Crippen molar-refractivity contribution in [1.82, 2.24) is 14.7 Å². The van der Waals surface area contributed by atoms with Crippen LogP contribution in [-0.2, 0) is 32.5 Å². The number of rotatable bonds is 5. The lowest BCUT2D eigenvalue weighted by Crippen LogP contribution is -2.67. The molecule has 28 heavy (non-hydrogen) atoms. The molecule has 1 atom stereocenters. The first-order valence-electron chi connectivity index (χ1n) is 8.70. The van der Waals surface area contributed by atoms with E-state index in [1.165, 1.54) is 0 Å². The van der Waals surface area contributed by atoms with E-state index in [9.17, 15) is 21.6 Å². The van der Waals surface area contributed by atoms with E-state index in [2.05, 4.69) is 16.9 Å². The number of hydrogen-bond donors (Lipinski definition) is 1. The van der Waals surface area contributed by atoms with Crippen molar-refractivity contribution in [2.24, 2.45) is 5.92 Å². The summed E-state index contributed by atoms with van der Waals surface area (Å²) in [4.78, 5) is 11.1. The minimum atomic E-state index is -5.08. The molecule has 0 saturated carbocycles. The second-order valence-corrected chi connectivity index (χ2v) is 9.43. The van der Waals surface area contributed by atoms with E-state index < -0.39 is 26.7 Å². The molecule has 8 nitrogen and oxygen atoms in total. The Balaban J connectivity index is 0.000000345. The number of sulfone groups is 1. The number of nitrogens with zero attached hydrogens (tertiary/aromatic N) is 3. The zero-order valence-corrected chi connectivity index (χ0v) is 16.5. The molecule has 0 radical (unpaired) electrons. The highest BCUT2D eigenvalue weighted by molar-refractivity contribution is 7.93. The monoisotopic (exact) mass is 427 g/mol. The van der Waals surface area contributed by atoms with E-state index in [4.69, 9.17) is 14.6 Å². The highest BCUT2D eigenvalue weighted by Gasteiger charge is 2.61. The van der Waals surface area contributed by atoms with Crippen LogP contribution in [0, 0.1) is 5.92 Å². The van der Waals surface area contributed by atoms with Gasteiger partial charge in [0.05, 0.1) is 18.6 Å². The third-order valence-corrected chi connectivity index (χ3v) is 7.71. The standard InChI is InChI=1S/C14H23N3O3S.C2HF3O2/c1-3-17-8-12(6-15-17)7-16-10-14(11-16)13(9-20-2)4-5-21(14,18)19;3-2(4,5)1(6)7/h6,8,13H,3-5,7,9-11H2,1-2H3;(H,6,7). The zero-order chi connectivity index (χ0) is 21.2. The highest BCUT2D eigenvalue weighted by atomic mass is 32.2. The lowest BCUT2D eigenvalue weighted by Gasteiger charge is -2.49. The summed E-state index contributed by atoms with van der Waals surface area (Å²) < 4.78 is 63.1. The molecule has 2 saturated heterocycles. The Labute approximate surface area is 161 Å². The lowest BCUT2D eigenvalue weighted by atomic mass is 9.83. The van der Waals surface area contributed by atoms with Gasteiger partial charge in [-0.2, -0.15) is 18.3 Å².